The molecule has 2 N–H and O–H groups in total. The van der Waals surface area contributed by atoms with E-state index in [9.17, 15) is 10.2 Å². The fourth-order valence-electron chi connectivity index (χ4n) is 1.26. The molecule has 0 aromatic heterocycles. The first kappa shape index (κ1) is 9.92. The lowest BCUT2D eigenvalue weighted by atomic mass is 10.2. The van der Waals surface area contributed by atoms with Gasteiger partial charge >= 0.3 is 0 Å². The summed E-state index contributed by atoms with van der Waals surface area (Å²) in [7, 11) is 0. The molecule has 1 rings (SSSR count). The first-order chi connectivity index (χ1) is 5.69. The SMILES string of the molecule is CCC1OC(O)C(CC)OC1O. The third-order valence-corrected chi connectivity index (χ3v) is 2.07. The van der Waals surface area contributed by atoms with Gasteiger partial charge in [-0.05, 0) is 12.8 Å². The number of aliphatic hydroxyl groups excluding tert-OH is 2. The number of rotatable bonds is 2. The Labute approximate surface area is 72.1 Å². The van der Waals surface area contributed by atoms with Crippen molar-refractivity contribution in [3.8, 4) is 0 Å². The zero-order chi connectivity index (χ0) is 9.14. The van der Waals surface area contributed by atoms with E-state index in [1.807, 2.05) is 13.8 Å². The molecule has 1 saturated heterocycles. The molecule has 0 aliphatic carbocycles. The van der Waals surface area contributed by atoms with E-state index in [2.05, 4.69) is 0 Å². The monoisotopic (exact) mass is 176 g/mol. The molecule has 1 aliphatic rings. The van der Waals surface area contributed by atoms with Crippen LogP contribution in [0.3, 0.4) is 0 Å². The van der Waals surface area contributed by atoms with E-state index in [1.165, 1.54) is 0 Å². The number of hydrogen-bond donors (Lipinski definition) is 2. The van der Waals surface area contributed by atoms with Crippen LogP contribution >= 0.6 is 0 Å². The van der Waals surface area contributed by atoms with Gasteiger partial charge < -0.3 is 19.7 Å². The molecule has 4 nitrogen and oxygen atoms in total. The minimum absolute atomic E-state index is 0.400. The van der Waals surface area contributed by atoms with Gasteiger partial charge in [-0.3, -0.25) is 0 Å². The summed E-state index contributed by atoms with van der Waals surface area (Å²) in [5.41, 5.74) is 0. The quantitative estimate of drug-likeness (QED) is 0.632. The topological polar surface area (TPSA) is 58.9 Å². The van der Waals surface area contributed by atoms with E-state index in [-0.39, 0.29) is 0 Å². The van der Waals surface area contributed by atoms with Crippen molar-refractivity contribution in [3.05, 3.63) is 0 Å². The van der Waals surface area contributed by atoms with Gasteiger partial charge in [-0.15, -0.1) is 0 Å². The Balaban J connectivity index is 2.49. The van der Waals surface area contributed by atoms with Crippen molar-refractivity contribution in [1.82, 2.24) is 0 Å². The van der Waals surface area contributed by atoms with Crippen molar-refractivity contribution < 1.29 is 19.7 Å². The van der Waals surface area contributed by atoms with Crippen LogP contribution in [0, 0.1) is 0 Å². The zero-order valence-corrected chi connectivity index (χ0v) is 7.43. The lowest BCUT2D eigenvalue weighted by molar-refractivity contribution is -0.330. The second kappa shape index (κ2) is 4.18. The van der Waals surface area contributed by atoms with Crippen molar-refractivity contribution in [1.29, 1.82) is 0 Å². The number of hydrogen-bond acceptors (Lipinski definition) is 4. The fourth-order valence-corrected chi connectivity index (χ4v) is 1.26. The van der Waals surface area contributed by atoms with Crippen LogP contribution in [-0.2, 0) is 9.47 Å². The van der Waals surface area contributed by atoms with Gasteiger partial charge in [0.15, 0.2) is 12.6 Å². The van der Waals surface area contributed by atoms with Gasteiger partial charge in [0.2, 0.25) is 0 Å². The highest BCUT2D eigenvalue weighted by Crippen LogP contribution is 2.21. The minimum Gasteiger partial charge on any atom is -0.366 e. The highest BCUT2D eigenvalue weighted by atomic mass is 16.7. The molecule has 1 fully saturated rings. The summed E-state index contributed by atoms with van der Waals surface area (Å²) >= 11 is 0. The highest BCUT2D eigenvalue weighted by Gasteiger charge is 2.34. The average molecular weight is 176 g/mol. The van der Waals surface area contributed by atoms with Crippen LogP contribution in [0.1, 0.15) is 26.7 Å². The second-order valence-corrected chi connectivity index (χ2v) is 2.95. The van der Waals surface area contributed by atoms with Gasteiger partial charge in [-0.2, -0.15) is 0 Å². The predicted octanol–water partition coefficient (Wildman–Crippen LogP) is 0.227. The summed E-state index contributed by atoms with van der Waals surface area (Å²) in [6.45, 7) is 3.74. The second-order valence-electron chi connectivity index (χ2n) is 2.95. The Morgan fingerprint density at radius 2 is 1.25 bits per heavy atom. The molecule has 72 valence electrons. The molecule has 0 aromatic carbocycles. The number of ether oxygens (including phenoxy) is 2. The maximum Gasteiger partial charge on any atom is 0.181 e. The first-order valence-electron chi connectivity index (χ1n) is 4.36. The van der Waals surface area contributed by atoms with Crippen molar-refractivity contribution >= 4 is 0 Å². The molecular weight excluding hydrogens is 160 g/mol. The Morgan fingerprint density at radius 1 is 0.917 bits per heavy atom. The maximum atomic E-state index is 9.33. The largest absolute Gasteiger partial charge is 0.366 e. The van der Waals surface area contributed by atoms with Crippen LogP contribution in [0.25, 0.3) is 0 Å². The van der Waals surface area contributed by atoms with Crippen molar-refractivity contribution in [2.24, 2.45) is 0 Å². The summed E-state index contributed by atoms with van der Waals surface area (Å²) in [5, 5.41) is 18.7. The van der Waals surface area contributed by atoms with E-state index >= 15 is 0 Å². The molecule has 0 amide bonds. The van der Waals surface area contributed by atoms with E-state index < -0.39 is 24.8 Å². The fraction of sp³-hybridized carbons (Fsp3) is 1.00. The third kappa shape index (κ3) is 1.95. The molecule has 1 heterocycles. The first-order valence-corrected chi connectivity index (χ1v) is 4.36. The minimum atomic E-state index is -0.900. The van der Waals surface area contributed by atoms with E-state index in [0.29, 0.717) is 12.8 Å². The Kier molecular flexibility index (Phi) is 3.46. The summed E-state index contributed by atoms with van der Waals surface area (Å²) in [6.07, 6.45) is -1.33. The smallest absolute Gasteiger partial charge is 0.181 e. The molecule has 0 bridgehead atoms. The molecular formula is C8H16O4. The van der Waals surface area contributed by atoms with Gasteiger partial charge in [0.05, 0.1) is 0 Å². The van der Waals surface area contributed by atoms with Gasteiger partial charge in [0.25, 0.3) is 0 Å². The van der Waals surface area contributed by atoms with Crippen molar-refractivity contribution in [2.75, 3.05) is 0 Å². The molecule has 0 radical (unpaired) electrons. The molecule has 0 spiro atoms. The van der Waals surface area contributed by atoms with Crippen LogP contribution in [0.15, 0.2) is 0 Å². The van der Waals surface area contributed by atoms with Crippen LogP contribution in [0.2, 0.25) is 0 Å². The molecule has 4 heteroatoms. The van der Waals surface area contributed by atoms with Gasteiger partial charge in [-0.1, -0.05) is 13.8 Å². The van der Waals surface area contributed by atoms with Crippen LogP contribution in [-0.4, -0.2) is 35.0 Å². The Hall–Kier alpha value is -0.160. The van der Waals surface area contributed by atoms with Crippen LogP contribution in [0.4, 0.5) is 0 Å². The Morgan fingerprint density at radius 3 is 1.50 bits per heavy atom. The van der Waals surface area contributed by atoms with E-state index in [4.69, 9.17) is 9.47 Å². The number of aliphatic hydroxyl groups is 2. The van der Waals surface area contributed by atoms with Gasteiger partial charge in [0.1, 0.15) is 12.2 Å². The van der Waals surface area contributed by atoms with E-state index in [0.717, 1.165) is 0 Å². The summed E-state index contributed by atoms with van der Waals surface area (Å²) in [5.74, 6) is 0. The molecule has 4 unspecified atom stereocenters. The van der Waals surface area contributed by atoms with E-state index in [1.54, 1.807) is 0 Å². The third-order valence-electron chi connectivity index (χ3n) is 2.07. The average Bonchev–Trinajstić information content (AvgIpc) is 2.08. The lowest BCUT2D eigenvalue weighted by Crippen LogP contribution is -2.48. The van der Waals surface area contributed by atoms with Crippen molar-refractivity contribution in [3.63, 3.8) is 0 Å². The summed E-state index contributed by atoms with van der Waals surface area (Å²) < 4.78 is 10.3. The van der Waals surface area contributed by atoms with Gasteiger partial charge in [0, 0.05) is 0 Å². The lowest BCUT2D eigenvalue weighted by Gasteiger charge is -2.36. The van der Waals surface area contributed by atoms with Gasteiger partial charge in [-0.25, -0.2) is 0 Å². The standard InChI is InChI=1S/C8H16O4/c1-3-5-7(9)12-6(4-2)8(10)11-5/h5-10H,3-4H2,1-2H3. The molecule has 0 aromatic rings. The van der Waals surface area contributed by atoms with Crippen LogP contribution < -0.4 is 0 Å². The maximum absolute atomic E-state index is 9.33. The Bertz CT molecular complexity index is 123. The molecule has 4 atom stereocenters. The van der Waals surface area contributed by atoms with Crippen LogP contribution in [0.5, 0.6) is 0 Å². The molecule has 12 heavy (non-hydrogen) atoms. The van der Waals surface area contributed by atoms with Crippen molar-refractivity contribution in [2.45, 2.75) is 51.5 Å². The molecule has 1 aliphatic heterocycles. The molecule has 0 saturated carbocycles. The normalized spacial score (nSPS) is 43.0. The zero-order valence-electron chi connectivity index (χ0n) is 7.43. The summed E-state index contributed by atoms with van der Waals surface area (Å²) in [4.78, 5) is 0. The highest BCUT2D eigenvalue weighted by molar-refractivity contribution is 4.71. The predicted molar refractivity (Wildman–Crippen MR) is 42.3 cm³/mol. The summed E-state index contributed by atoms with van der Waals surface area (Å²) in [6, 6.07) is 0.